The van der Waals surface area contributed by atoms with Crippen LogP contribution in [0.2, 0.25) is 0 Å². The summed E-state index contributed by atoms with van der Waals surface area (Å²) in [5.41, 5.74) is 0.328. The van der Waals surface area contributed by atoms with Crippen molar-refractivity contribution in [2.75, 3.05) is 11.9 Å². The molecule has 0 aliphatic heterocycles. The molecule has 1 aromatic rings. The lowest BCUT2D eigenvalue weighted by molar-refractivity contribution is -0.123. The second-order valence-electron chi connectivity index (χ2n) is 5.89. The molecule has 1 atom stereocenters. The molecular weight excluding hydrogens is 276 g/mol. The van der Waals surface area contributed by atoms with Gasteiger partial charge in [0.15, 0.2) is 0 Å². The van der Waals surface area contributed by atoms with E-state index < -0.39 is 11.5 Å². The Bertz CT molecular complexity index is 501. The van der Waals surface area contributed by atoms with Gasteiger partial charge in [0.2, 0.25) is 5.91 Å². The molecule has 1 aromatic heterocycles. The van der Waals surface area contributed by atoms with Crippen LogP contribution in [0.15, 0.2) is 6.07 Å². The number of aliphatic hydroxyl groups is 1. The van der Waals surface area contributed by atoms with Gasteiger partial charge in [0, 0.05) is 12.0 Å². The van der Waals surface area contributed by atoms with Gasteiger partial charge in [0.1, 0.15) is 0 Å². The first-order valence-electron chi connectivity index (χ1n) is 6.49. The number of hydrogen-bond acceptors (Lipinski definition) is 4. The van der Waals surface area contributed by atoms with Crippen molar-refractivity contribution in [2.24, 2.45) is 5.41 Å². The number of carbonyl (C=O) groups excluding carboxylic acids is 2. The van der Waals surface area contributed by atoms with Crippen LogP contribution in [0.1, 0.15) is 42.9 Å². The third kappa shape index (κ3) is 4.61. The van der Waals surface area contributed by atoms with Crippen LogP contribution >= 0.6 is 11.3 Å². The van der Waals surface area contributed by atoms with Gasteiger partial charge in [0.05, 0.1) is 16.0 Å². The zero-order valence-electron chi connectivity index (χ0n) is 12.5. The van der Waals surface area contributed by atoms with Crippen LogP contribution < -0.4 is 10.6 Å². The molecule has 6 heteroatoms. The van der Waals surface area contributed by atoms with Crippen molar-refractivity contribution in [1.29, 1.82) is 0 Å². The Morgan fingerprint density at radius 3 is 2.50 bits per heavy atom. The first-order chi connectivity index (χ1) is 9.11. The van der Waals surface area contributed by atoms with Crippen LogP contribution in [0.4, 0.5) is 5.00 Å². The van der Waals surface area contributed by atoms with Crippen LogP contribution in [0.3, 0.4) is 0 Å². The lowest BCUT2D eigenvalue weighted by Gasteiger charge is -2.16. The fourth-order valence-electron chi connectivity index (χ4n) is 1.39. The van der Waals surface area contributed by atoms with Crippen LogP contribution in [0.25, 0.3) is 0 Å². The summed E-state index contributed by atoms with van der Waals surface area (Å²) in [5.74, 6) is -0.320. The van der Waals surface area contributed by atoms with Crippen molar-refractivity contribution in [3.63, 3.8) is 0 Å². The van der Waals surface area contributed by atoms with Gasteiger partial charge in [0.25, 0.3) is 5.91 Å². The van der Waals surface area contributed by atoms with Crippen LogP contribution in [0, 0.1) is 12.3 Å². The maximum atomic E-state index is 11.9. The average Bonchev–Trinajstić information content (AvgIpc) is 2.66. The van der Waals surface area contributed by atoms with E-state index in [2.05, 4.69) is 10.6 Å². The average molecular weight is 298 g/mol. The van der Waals surface area contributed by atoms with Gasteiger partial charge >= 0.3 is 0 Å². The minimum Gasteiger partial charge on any atom is -0.392 e. The number of aliphatic hydroxyl groups excluding tert-OH is 1. The fraction of sp³-hybridized carbons (Fsp3) is 0.571. The molecule has 1 rings (SSSR count). The highest BCUT2D eigenvalue weighted by atomic mass is 32.1. The third-order valence-corrected chi connectivity index (χ3v) is 3.75. The summed E-state index contributed by atoms with van der Waals surface area (Å²) in [7, 11) is 0. The zero-order valence-corrected chi connectivity index (χ0v) is 13.4. The van der Waals surface area contributed by atoms with E-state index in [0.717, 1.165) is 5.56 Å². The van der Waals surface area contributed by atoms with Gasteiger partial charge < -0.3 is 15.7 Å². The fourth-order valence-corrected chi connectivity index (χ4v) is 2.37. The monoisotopic (exact) mass is 298 g/mol. The summed E-state index contributed by atoms with van der Waals surface area (Å²) in [6, 6.07) is 1.78. The number of nitrogens with one attached hydrogen (secondary N) is 2. The highest BCUT2D eigenvalue weighted by molar-refractivity contribution is 7.18. The van der Waals surface area contributed by atoms with E-state index in [-0.39, 0.29) is 18.4 Å². The van der Waals surface area contributed by atoms with Crippen molar-refractivity contribution in [2.45, 2.75) is 40.7 Å². The van der Waals surface area contributed by atoms with E-state index in [1.807, 2.05) is 27.7 Å². The van der Waals surface area contributed by atoms with Crippen LogP contribution in [-0.4, -0.2) is 29.6 Å². The molecule has 2 amide bonds. The van der Waals surface area contributed by atoms with Crippen molar-refractivity contribution in [3.05, 3.63) is 16.5 Å². The van der Waals surface area contributed by atoms with Crippen molar-refractivity contribution >= 4 is 28.2 Å². The Kier molecular flexibility index (Phi) is 5.30. The summed E-state index contributed by atoms with van der Waals surface area (Å²) in [6.07, 6.45) is -0.584. The molecule has 3 N–H and O–H groups in total. The van der Waals surface area contributed by atoms with Gasteiger partial charge in [-0.15, -0.1) is 11.3 Å². The lowest BCUT2D eigenvalue weighted by Crippen LogP contribution is -2.30. The number of rotatable bonds is 4. The molecule has 0 spiro atoms. The Morgan fingerprint density at radius 1 is 1.40 bits per heavy atom. The second-order valence-corrected chi connectivity index (χ2v) is 6.94. The number of thiophene rings is 1. The quantitative estimate of drug-likeness (QED) is 0.797. The molecule has 1 heterocycles. The summed E-state index contributed by atoms with van der Waals surface area (Å²) in [4.78, 5) is 24.4. The Hall–Kier alpha value is -1.40. The topological polar surface area (TPSA) is 78.4 Å². The summed E-state index contributed by atoms with van der Waals surface area (Å²) >= 11 is 1.24. The Morgan fingerprint density at radius 2 is 2.00 bits per heavy atom. The molecular formula is C14H22N2O3S. The van der Waals surface area contributed by atoms with Crippen molar-refractivity contribution in [1.82, 2.24) is 5.32 Å². The summed E-state index contributed by atoms with van der Waals surface area (Å²) < 4.78 is 0. The number of anilines is 1. The van der Waals surface area contributed by atoms with Crippen LogP contribution in [-0.2, 0) is 4.79 Å². The third-order valence-electron chi connectivity index (χ3n) is 2.60. The predicted molar refractivity (Wildman–Crippen MR) is 81.2 cm³/mol. The normalized spacial score (nSPS) is 12.9. The van der Waals surface area contributed by atoms with Crippen LogP contribution in [0.5, 0.6) is 0 Å². The molecule has 0 radical (unpaired) electrons. The first-order valence-corrected chi connectivity index (χ1v) is 7.31. The van der Waals surface area contributed by atoms with Gasteiger partial charge in [-0.1, -0.05) is 20.8 Å². The SMILES string of the molecule is Cc1cc(NC(=O)C(C)(C)C)sc1C(=O)NCC(C)O. The molecule has 0 saturated heterocycles. The lowest BCUT2D eigenvalue weighted by atomic mass is 9.96. The van der Waals surface area contributed by atoms with Gasteiger partial charge in [-0.2, -0.15) is 0 Å². The number of aryl methyl sites for hydroxylation is 1. The molecule has 0 aliphatic carbocycles. The molecule has 0 bridgehead atoms. The zero-order chi connectivity index (χ0) is 15.5. The highest BCUT2D eigenvalue weighted by Gasteiger charge is 2.23. The van der Waals surface area contributed by atoms with E-state index in [0.29, 0.717) is 9.88 Å². The van der Waals surface area contributed by atoms with E-state index in [1.165, 1.54) is 11.3 Å². The van der Waals surface area contributed by atoms with Gasteiger partial charge in [-0.05, 0) is 25.5 Å². The number of amides is 2. The van der Waals surface area contributed by atoms with E-state index in [1.54, 1.807) is 13.0 Å². The van der Waals surface area contributed by atoms with Crippen molar-refractivity contribution < 1.29 is 14.7 Å². The molecule has 0 aromatic carbocycles. The largest absolute Gasteiger partial charge is 0.392 e. The Balaban J connectivity index is 2.78. The van der Waals surface area contributed by atoms with E-state index >= 15 is 0 Å². The predicted octanol–water partition coefficient (Wildman–Crippen LogP) is 2.15. The second kappa shape index (κ2) is 6.37. The molecule has 0 saturated carbocycles. The molecule has 0 aliphatic rings. The molecule has 1 unspecified atom stereocenters. The van der Waals surface area contributed by atoms with Crippen molar-refractivity contribution in [3.8, 4) is 0 Å². The van der Waals surface area contributed by atoms with Gasteiger partial charge in [-0.3, -0.25) is 9.59 Å². The Labute approximate surface area is 123 Å². The number of carbonyl (C=O) groups is 2. The van der Waals surface area contributed by atoms with Gasteiger partial charge in [-0.25, -0.2) is 0 Å². The molecule has 0 fully saturated rings. The first kappa shape index (κ1) is 16.7. The maximum absolute atomic E-state index is 11.9. The molecule has 5 nitrogen and oxygen atoms in total. The molecule has 112 valence electrons. The minimum absolute atomic E-state index is 0.0883. The molecule has 20 heavy (non-hydrogen) atoms. The highest BCUT2D eigenvalue weighted by Crippen LogP contribution is 2.28. The summed E-state index contributed by atoms with van der Waals surface area (Å²) in [5, 5.41) is 15.3. The van der Waals surface area contributed by atoms with E-state index in [9.17, 15) is 9.59 Å². The number of hydrogen-bond donors (Lipinski definition) is 3. The minimum atomic E-state index is -0.584. The smallest absolute Gasteiger partial charge is 0.261 e. The van der Waals surface area contributed by atoms with E-state index in [4.69, 9.17) is 5.11 Å². The summed E-state index contributed by atoms with van der Waals surface area (Å²) in [6.45, 7) is 9.13. The maximum Gasteiger partial charge on any atom is 0.261 e. The standard InChI is InChI=1S/C14H22N2O3S/c1-8-6-10(16-13(19)14(3,4)5)20-11(8)12(18)15-7-9(2)17/h6,9,17H,7H2,1-5H3,(H,15,18)(H,16,19).